The van der Waals surface area contributed by atoms with E-state index in [0.717, 1.165) is 31.4 Å². The van der Waals surface area contributed by atoms with E-state index in [9.17, 15) is 9.59 Å². The number of hydrogen-bond donors (Lipinski definition) is 0. The van der Waals surface area contributed by atoms with E-state index in [4.69, 9.17) is 4.74 Å². The van der Waals surface area contributed by atoms with Crippen LogP contribution in [0.5, 0.6) is 0 Å². The summed E-state index contributed by atoms with van der Waals surface area (Å²) in [6.45, 7) is 2.60. The number of carbonyl (C=O) groups is 2. The Morgan fingerprint density at radius 2 is 2.04 bits per heavy atom. The van der Waals surface area contributed by atoms with Crippen LogP contribution in [0, 0.1) is 5.92 Å². The monoisotopic (exact) mass is 329 g/mol. The lowest BCUT2D eigenvalue weighted by Crippen LogP contribution is -2.53. The van der Waals surface area contributed by atoms with Crippen molar-refractivity contribution in [2.45, 2.75) is 44.3 Å². The normalized spacial score (nSPS) is 29.8. The van der Waals surface area contributed by atoms with E-state index >= 15 is 0 Å². The Bertz CT molecular complexity index is 615. The van der Waals surface area contributed by atoms with Crippen LogP contribution in [-0.2, 0) is 20.9 Å². The number of piperidine rings is 1. The number of rotatable bonds is 3. The molecule has 4 heterocycles. The lowest BCUT2D eigenvalue weighted by molar-refractivity contribution is -0.144. The molecule has 3 saturated heterocycles. The van der Waals surface area contributed by atoms with Crippen LogP contribution in [-0.4, -0.2) is 58.4 Å². The molecular weight excluding hydrogens is 306 g/mol. The fraction of sp³-hybridized carbons (Fsp3) is 0.611. The molecule has 0 aliphatic carbocycles. The number of pyridine rings is 1. The van der Waals surface area contributed by atoms with Crippen molar-refractivity contribution in [1.82, 2.24) is 14.8 Å². The largest absolute Gasteiger partial charge is 0.381 e. The second-order valence-corrected chi connectivity index (χ2v) is 6.93. The van der Waals surface area contributed by atoms with Gasteiger partial charge in [-0.2, -0.15) is 0 Å². The molecule has 3 fully saturated rings. The van der Waals surface area contributed by atoms with Gasteiger partial charge in [-0.05, 0) is 37.0 Å². The summed E-state index contributed by atoms with van der Waals surface area (Å²) < 4.78 is 5.37. The van der Waals surface area contributed by atoms with Crippen LogP contribution in [0.2, 0.25) is 0 Å². The summed E-state index contributed by atoms with van der Waals surface area (Å²) in [6, 6.07) is 4.21. The van der Waals surface area contributed by atoms with Gasteiger partial charge in [-0.1, -0.05) is 0 Å². The molecule has 0 radical (unpaired) electrons. The molecule has 1 aromatic rings. The molecule has 3 aliphatic rings. The third-order valence-corrected chi connectivity index (χ3v) is 5.55. The van der Waals surface area contributed by atoms with Crippen LogP contribution < -0.4 is 0 Å². The maximum Gasteiger partial charge on any atom is 0.228 e. The van der Waals surface area contributed by atoms with Gasteiger partial charge in [0.1, 0.15) is 0 Å². The number of fused-ring (bicyclic) bond motifs is 1. The fourth-order valence-corrected chi connectivity index (χ4v) is 4.28. The van der Waals surface area contributed by atoms with Gasteiger partial charge in [0.25, 0.3) is 0 Å². The Hall–Kier alpha value is -1.95. The van der Waals surface area contributed by atoms with Crippen molar-refractivity contribution in [3.05, 3.63) is 30.1 Å². The third kappa shape index (κ3) is 2.79. The summed E-state index contributed by atoms with van der Waals surface area (Å²) in [4.78, 5) is 33.3. The average molecular weight is 329 g/mol. The molecule has 0 saturated carbocycles. The smallest absolute Gasteiger partial charge is 0.228 e. The first-order valence-corrected chi connectivity index (χ1v) is 8.80. The zero-order chi connectivity index (χ0) is 16.5. The molecule has 24 heavy (non-hydrogen) atoms. The molecule has 4 rings (SSSR count). The number of aromatic nitrogens is 1. The Kier molecular flexibility index (Phi) is 4.22. The van der Waals surface area contributed by atoms with E-state index in [2.05, 4.69) is 4.98 Å². The SMILES string of the molecule is O=C1CC[C@H]2[C@H](CCN2C(=O)C2CCOC2)N1Cc1ccncc1. The molecule has 0 spiro atoms. The van der Waals surface area contributed by atoms with E-state index in [1.807, 2.05) is 21.9 Å². The molecule has 3 atom stereocenters. The maximum atomic E-state index is 12.8. The topological polar surface area (TPSA) is 62.7 Å². The van der Waals surface area contributed by atoms with Crippen molar-refractivity contribution >= 4 is 11.8 Å². The minimum Gasteiger partial charge on any atom is -0.381 e. The first-order valence-electron chi connectivity index (χ1n) is 8.80. The molecule has 1 unspecified atom stereocenters. The van der Waals surface area contributed by atoms with Crippen LogP contribution in [0.3, 0.4) is 0 Å². The van der Waals surface area contributed by atoms with Crippen LogP contribution >= 0.6 is 0 Å². The highest BCUT2D eigenvalue weighted by molar-refractivity contribution is 5.82. The summed E-state index contributed by atoms with van der Waals surface area (Å²) in [7, 11) is 0. The van der Waals surface area contributed by atoms with Gasteiger partial charge >= 0.3 is 0 Å². The second-order valence-electron chi connectivity index (χ2n) is 6.93. The van der Waals surface area contributed by atoms with Crippen molar-refractivity contribution in [2.75, 3.05) is 19.8 Å². The Labute approximate surface area is 141 Å². The highest BCUT2D eigenvalue weighted by Gasteiger charge is 2.46. The second kappa shape index (κ2) is 6.51. The molecule has 0 aromatic carbocycles. The van der Waals surface area contributed by atoms with Crippen molar-refractivity contribution in [3.63, 3.8) is 0 Å². The number of ether oxygens (including phenoxy) is 1. The van der Waals surface area contributed by atoms with Crippen LogP contribution in [0.25, 0.3) is 0 Å². The molecule has 3 aliphatic heterocycles. The minimum absolute atomic E-state index is 0.00928. The van der Waals surface area contributed by atoms with Crippen LogP contribution in [0.1, 0.15) is 31.2 Å². The average Bonchev–Trinajstić information content (AvgIpc) is 3.27. The number of likely N-dealkylation sites (tertiary alicyclic amines) is 2. The predicted octanol–water partition coefficient (Wildman–Crippen LogP) is 1.21. The Balaban J connectivity index is 1.49. The molecule has 6 heteroatoms. The summed E-state index contributed by atoms with van der Waals surface area (Å²) in [5.41, 5.74) is 1.09. The standard InChI is InChI=1S/C18H23N3O3/c22-17-2-1-15-16(21(17)11-13-3-7-19-8-4-13)5-9-20(15)18(23)14-6-10-24-12-14/h3-4,7-8,14-16H,1-2,5-6,9-12H2/t14?,15-,16-/m0/s1. The van der Waals surface area contributed by atoms with Gasteiger partial charge < -0.3 is 14.5 Å². The van der Waals surface area contributed by atoms with Gasteiger partial charge in [0.15, 0.2) is 0 Å². The van der Waals surface area contributed by atoms with Crippen molar-refractivity contribution in [1.29, 1.82) is 0 Å². The van der Waals surface area contributed by atoms with E-state index < -0.39 is 0 Å². The van der Waals surface area contributed by atoms with E-state index in [-0.39, 0.29) is 29.8 Å². The highest BCUT2D eigenvalue weighted by Crippen LogP contribution is 2.34. The number of amides is 2. The predicted molar refractivity (Wildman–Crippen MR) is 86.9 cm³/mol. The molecule has 0 bridgehead atoms. The van der Waals surface area contributed by atoms with Gasteiger partial charge in [0.05, 0.1) is 24.6 Å². The summed E-state index contributed by atoms with van der Waals surface area (Å²) in [6.07, 6.45) is 6.53. The van der Waals surface area contributed by atoms with Gasteiger partial charge in [-0.15, -0.1) is 0 Å². The Morgan fingerprint density at radius 1 is 1.21 bits per heavy atom. The fourth-order valence-electron chi connectivity index (χ4n) is 4.28. The van der Waals surface area contributed by atoms with Crippen molar-refractivity contribution < 1.29 is 14.3 Å². The lowest BCUT2D eigenvalue weighted by Gasteiger charge is -2.40. The quantitative estimate of drug-likeness (QED) is 0.836. The Morgan fingerprint density at radius 3 is 2.79 bits per heavy atom. The number of nitrogens with zero attached hydrogens (tertiary/aromatic N) is 3. The zero-order valence-electron chi connectivity index (χ0n) is 13.8. The van der Waals surface area contributed by atoms with Crippen molar-refractivity contribution in [2.24, 2.45) is 5.92 Å². The summed E-state index contributed by atoms with van der Waals surface area (Å²) in [5, 5.41) is 0. The number of carbonyl (C=O) groups excluding carboxylic acids is 2. The molecule has 1 aromatic heterocycles. The van der Waals surface area contributed by atoms with Gasteiger partial charge in [0.2, 0.25) is 11.8 Å². The lowest BCUT2D eigenvalue weighted by atomic mass is 9.95. The molecule has 6 nitrogen and oxygen atoms in total. The first kappa shape index (κ1) is 15.6. The third-order valence-electron chi connectivity index (χ3n) is 5.55. The molecule has 128 valence electrons. The van der Waals surface area contributed by atoms with Gasteiger partial charge in [-0.25, -0.2) is 0 Å². The maximum absolute atomic E-state index is 12.8. The zero-order valence-corrected chi connectivity index (χ0v) is 13.8. The van der Waals surface area contributed by atoms with Crippen molar-refractivity contribution in [3.8, 4) is 0 Å². The minimum atomic E-state index is 0.00928. The molecule has 0 N–H and O–H groups in total. The van der Waals surface area contributed by atoms with E-state index in [1.54, 1.807) is 12.4 Å². The number of hydrogen-bond acceptors (Lipinski definition) is 4. The molecular formula is C18H23N3O3. The van der Waals surface area contributed by atoms with E-state index in [0.29, 0.717) is 26.2 Å². The molecule has 2 amide bonds. The highest BCUT2D eigenvalue weighted by atomic mass is 16.5. The van der Waals surface area contributed by atoms with E-state index in [1.165, 1.54) is 0 Å². The van der Waals surface area contributed by atoms with Crippen LogP contribution in [0.4, 0.5) is 0 Å². The van der Waals surface area contributed by atoms with Gasteiger partial charge in [-0.3, -0.25) is 14.6 Å². The van der Waals surface area contributed by atoms with Gasteiger partial charge in [0, 0.05) is 38.5 Å². The summed E-state index contributed by atoms with van der Waals surface area (Å²) >= 11 is 0. The van der Waals surface area contributed by atoms with Crippen LogP contribution in [0.15, 0.2) is 24.5 Å². The summed E-state index contributed by atoms with van der Waals surface area (Å²) in [5.74, 6) is 0.430. The first-order chi connectivity index (χ1) is 11.7.